The molecule has 0 aliphatic carbocycles. The van der Waals surface area contributed by atoms with E-state index in [0.29, 0.717) is 6.61 Å². The molecule has 0 amide bonds. The molecule has 0 rings (SSSR count). The van der Waals surface area contributed by atoms with Crippen LogP contribution in [0.2, 0.25) is 0 Å². The summed E-state index contributed by atoms with van der Waals surface area (Å²) < 4.78 is 8.70. The zero-order chi connectivity index (χ0) is 13.1. The van der Waals surface area contributed by atoms with E-state index in [-0.39, 0.29) is 11.3 Å². The third-order valence-corrected chi connectivity index (χ3v) is 1.20. The van der Waals surface area contributed by atoms with E-state index < -0.39 is 11.9 Å². The highest BCUT2D eigenvalue weighted by atomic mass is 16.6. The number of esters is 2. The molecule has 0 saturated heterocycles. The maximum Gasteiger partial charge on any atom is 0.373 e. The van der Waals surface area contributed by atoms with Crippen LogP contribution < -0.4 is 0 Å². The molecule has 16 heavy (non-hydrogen) atoms. The predicted octanol–water partition coefficient (Wildman–Crippen LogP) is 1.18. The number of aliphatic hydroxyl groups excluding tert-OH is 1. The number of methoxy groups -OCH3 is 1. The van der Waals surface area contributed by atoms with Crippen molar-refractivity contribution in [2.45, 2.75) is 20.3 Å². The highest BCUT2D eigenvalue weighted by Gasteiger charge is 2.12. The van der Waals surface area contributed by atoms with Gasteiger partial charge in [0.2, 0.25) is 5.76 Å². The number of carbonyl (C=O) groups is 2. The van der Waals surface area contributed by atoms with Crippen LogP contribution >= 0.6 is 0 Å². The van der Waals surface area contributed by atoms with Gasteiger partial charge in [-0.05, 0) is 19.9 Å². The van der Waals surface area contributed by atoms with Crippen LogP contribution in [0, 0.1) is 0 Å². The Morgan fingerprint density at radius 2 is 1.69 bits per heavy atom. The molecule has 0 aliphatic rings. The molecular weight excluding hydrogens is 212 g/mol. The van der Waals surface area contributed by atoms with E-state index in [4.69, 9.17) is 5.11 Å². The van der Waals surface area contributed by atoms with Gasteiger partial charge in [-0.2, -0.15) is 0 Å². The van der Waals surface area contributed by atoms with Gasteiger partial charge in [0.15, 0.2) is 0 Å². The molecule has 0 saturated carbocycles. The average Bonchev–Trinajstić information content (AvgIpc) is 2.27. The summed E-state index contributed by atoms with van der Waals surface area (Å²) in [7, 11) is 1.17. The number of hydrogen-bond donors (Lipinski definition) is 1. The fraction of sp³-hybridized carbons (Fsp3) is 0.455. The molecule has 5 heteroatoms. The summed E-state index contributed by atoms with van der Waals surface area (Å²) in [6, 6.07) is 0. The molecule has 0 heterocycles. The Kier molecular flexibility index (Phi) is 10.4. The lowest BCUT2D eigenvalue weighted by atomic mass is 10.4. The molecule has 5 nitrogen and oxygen atoms in total. The third-order valence-electron chi connectivity index (χ3n) is 1.20. The molecule has 92 valence electrons. The van der Waals surface area contributed by atoms with Crippen molar-refractivity contribution in [2.24, 2.45) is 0 Å². The van der Waals surface area contributed by atoms with E-state index in [2.05, 4.69) is 22.6 Å². The molecule has 0 bridgehead atoms. The van der Waals surface area contributed by atoms with Gasteiger partial charge in [-0.15, -0.1) is 0 Å². The first-order chi connectivity index (χ1) is 7.40. The molecule has 0 spiro atoms. The number of carbonyl (C=O) groups excluding carboxylic acids is 2. The van der Waals surface area contributed by atoms with Crippen LogP contribution in [0.3, 0.4) is 0 Å². The summed E-state index contributed by atoms with van der Waals surface area (Å²) in [5, 5.41) is 7.88. The molecule has 0 unspecified atom stereocenters. The van der Waals surface area contributed by atoms with E-state index in [0.717, 1.165) is 6.42 Å². The van der Waals surface area contributed by atoms with E-state index >= 15 is 0 Å². The van der Waals surface area contributed by atoms with Gasteiger partial charge >= 0.3 is 11.9 Å². The van der Waals surface area contributed by atoms with Gasteiger partial charge < -0.3 is 14.6 Å². The third kappa shape index (κ3) is 8.96. The number of rotatable bonds is 4. The molecule has 0 aromatic rings. The molecular formula is C11H18O5. The lowest BCUT2D eigenvalue weighted by Crippen LogP contribution is -2.12. The van der Waals surface area contributed by atoms with E-state index in [1.807, 2.05) is 6.92 Å². The van der Waals surface area contributed by atoms with Gasteiger partial charge in [0.25, 0.3) is 0 Å². The topological polar surface area (TPSA) is 72.8 Å². The first kappa shape index (κ1) is 16.8. The first-order valence-electron chi connectivity index (χ1n) is 4.66. The fourth-order valence-corrected chi connectivity index (χ4v) is 0.355. The lowest BCUT2D eigenvalue weighted by molar-refractivity contribution is -0.147. The number of hydrogen-bond acceptors (Lipinski definition) is 5. The molecule has 0 aromatic heterocycles. The Bertz CT molecular complexity index is 266. The smallest absolute Gasteiger partial charge is 0.373 e. The van der Waals surface area contributed by atoms with Crippen LogP contribution in [0.25, 0.3) is 0 Å². The largest absolute Gasteiger partial charge is 0.463 e. The number of ether oxygens (including phenoxy) is 2. The van der Waals surface area contributed by atoms with Crippen molar-refractivity contribution in [1.82, 2.24) is 0 Å². The summed E-state index contributed by atoms with van der Waals surface area (Å²) in [5.41, 5.74) is 0.194. The van der Waals surface area contributed by atoms with Gasteiger partial charge in [0.05, 0.1) is 7.11 Å². The van der Waals surface area contributed by atoms with Crippen molar-refractivity contribution < 1.29 is 24.2 Å². The SMILES string of the molecule is C=C(C)C(=O)OC(=C)C(=O)OC.CCCO. The van der Waals surface area contributed by atoms with Crippen LogP contribution in [0.15, 0.2) is 24.5 Å². The Balaban J connectivity index is 0. The van der Waals surface area contributed by atoms with Crippen molar-refractivity contribution >= 4 is 11.9 Å². The normalized spacial score (nSPS) is 8.25. The molecule has 0 atom stereocenters. The van der Waals surface area contributed by atoms with Gasteiger partial charge in [-0.25, -0.2) is 9.59 Å². The monoisotopic (exact) mass is 230 g/mol. The maximum atomic E-state index is 10.8. The molecule has 0 aliphatic heterocycles. The first-order valence-corrected chi connectivity index (χ1v) is 4.66. The van der Waals surface area contributed by atoms with Crippen LogP contribution in [0.4, 0.5) is 0 Å². The Morgan fingerprint density at radius 1 is 1.25 bits per heavy atom. The standard InChI is InChI=1S/C8H10O4.C3H8O/c1-5(2)7(9)12-6(3)8(10)11-4;1-2-3-4/h1,3H2,2,4H3;4H,2-3H2,1H3. The van der Waals surface area contributed by atoms with Gasteiger partial charge in [-0.1, -0.05) is 13.5 Å². The molecule has 0 fully saturated rings. The zero-order valence-electron chi connectivity index (χ0n) is 9.91. The zero-order valence-corrected chi connectivity index (χ0v) is 9.91. The quantitative estimate of drug-likeness (QED) is 0.446. The lowest BCUT2D eigenvalue weighted by Gasteiger charge is -2.03. The molecule has 1 N–H and O–H groups in total. The summed E-state index contributed by atoms with van der Waals surface area (Å²) in [4.78, 5) is 21.4. The second kappa shape index (κ2) is 9.92. The summed E-state index contributed by atoms with van der Waals surface area (Å²) >= 11 is 0. The van der Waals surface area contributed by atoms with Crippen molar-refractivity contribution in [3.8, 4) is 0 Å². The van der Waals surface area contributed by atoms with Gasteiger partial charge in [0.1, 0.15) is 0 Å². The van der Waals surface area contributed by atoms with Crippen LogP contribution in [-0.4, -0.2) is 30.8 Å². The van der Waals surface area contributed by atoms with Crippen molar-refractivity contribution in [3.63, 3.8) is 0 Å². The van der Waals surface area contributed by atoms with Crippen molar-refractivity contribution in [2.75, 3.05) is 13.7 Å². The van der Waals surface area contributed by atoms with E-state index in [1.54, 1.807) is 0 Å². The minimum absolute atomic E-state index is 0.194. The van der Waals surface area contributed by atoms with E-state index in [9.17, 15) is 9.59 Å². The minimum atomic E-state index is -0.774. The highest BCUT2D eigenvalue weighted by molar-refractivity contribution is 5.93. The Hall–Kier alpha value is -1.62. The highest BCUT2D eigenvalue weighted by Crippen LogP contribution is 2.01. The van der Waals surface area contributed by atoms with Crippen LogP contribution in [0.5, 0.6) is 0 Å². The van der Waals surface area contributed by atoms with Crippen molar-refractivity contribution in [1.29, 1.82) is 0 Å². The second-order valence-electron chi connectivity index (χ2n) is 2.81. The molecule has 0 radical (unpaired) electrons. The Morgan fingerprint density at radius 3 is 1.94 bits per heavy atom. The molecule has 0 aromatic carbocycles. The van der Waals surface area contributed by atoms with Crippen molar-refractivity contribution in [3.05, 3.63) is 24.5 Å². The average molecular weight is 230 g/mol. The summed E-state index contributed by atoms with van der Waals surface area (Å²) in [6.07, 6.45) is 0.875. The Labute approximate surface area is 95.4 Å². The van der Waals surface area contributed by atoms with E-state index in [1.165, 1.54) is 14.0 Å². The van der Waals surface area contributed by atoms with Crippen LogP contribution in [0.1, 0.15) is 20.3 Å². The second-order valence-corrected chi connectivity index (χ2v) is 2.81. The predicted molar refractivity (Wildman–Crippen MR) is 59.4 cm³/mol. The summed E-state index contributed by atoms with van der Waals surface area (Å²) in [6.45, 7) is 10.2. The maximum absolute atomic E-state index is 10.8. The summed E-state index contributed by atoms with van der Waals surface area (Å²) in [5.74, 6) is -1.81. The van der Waals surface area contributed by atoms with Gasteiger partial charge in [-0.3, -0.25) is 0 Å². The van der Waals surface area contributed by atoms with Gasteiger partial charge in [0, 0.05) is 12.2 Å². The number of aliphatic hydroxyl groups is 1. The van der Waals surface area contributed by atoms with Crippen LogP contribution in [-0.2, 0) is 19.1 Å². The fourth-order valence-electron chi connectivity index (χ4n) is 0.355. The minimum Gasteiger partial charge on any atom is -0.463 e.